The zero-order valence-corrected chi connectivity index (χ0v) is 10.7. The molecule has 1 aromatic rings. The largest absolute Gasteiger partial charge is 0.472 e. The highest BCUT2D eigenvalue weighted by Gasteiger charge is 2.21. The number of piperidine rings is 1. The summed E-state index contributed by atoms with van der Waals surface area (Å²) >= 11 is 0. The minimum absolute atomic E-state index is 0.0359. The lowest BCUT2D eigenvalue weighted by Crippen LogP contribution is -2.43. The molecular weight excluding hydrogens is 248 g/mol. The lowest BCUT2D eigenvalue weighted by atomic mass is 10.1. The van der Waals surface area contributed by atoms with Crippen molar-refractivity contribution in [3.8, 4) is 0 Å². The minimum atomic E-state index is -0.418. The van der Waals surface area contributed by atoms with E-state index in [1.54, 1.807) is 11.0 Å². The van der Waals surface area contributed by atoms with Gasteiger partial charge in [-0.15, -0.1) is 0 Å². The molecule has 6 heteroatoms. The van der Waals surface area contributed by atoms with Crippen molar-refractivity contribution in [2.45, 2.75) is 25.4 Å². The molecule has 2 rings (SSSR count). The van der Waals surface area contributed by atoms with Crippen LogP contribution in [0.3, 0.4) is 0 Å². The van der Waals surface area contributed by atoms with Gasteiger partial charge in [0.1, 0.15) is 6.26 Å². The smallest absolute Gasteiger partial charge is 0.254 e. The first-order valence-electron chi connectivity index (χ1n) is 6.43. The predicted molar refractivity (Wildman–Crippen MR) is 67.5 cm³/mol. The number of likely N-dealkylation sites (tertiary alicyclic amines) is 1. The van der Waals surface area contributed by atoms with Crippen LogP contribution in [0.15, 0.2) is 23.0 Å². The second kappa shape index (κ2) is 6.38. The van der Waals surface area contributed by atoms with Crippen molar-refractivity contribution in [2.75, 3.05) is 19.6 Å². The van der Waals surface area contributed by atoms with Crippen molar-refractivity contribution in [2.24, 2.45) is 0 Å². The molecule has 0 radical (unpaired) electrons. The Hall–Kier alpha value is -1.82. The van der Waals surface area contributed by atoms with Gasteiger partial charge in [-0.25, -0.2) is 0 Å². The number of β-amino-alcohol motifs (C(OH)–C–C–N with tert-alkyl or cyclic N) is 1. The normalized spacial score (nSPS) is 19.2. The lowest BCUT2D eigenvalue weighted by Gasteiger charge is -2.30. The summed E-state index contributed by atoms with van der Waals surface area (Å²) in [6.07, 6.45) is 4.19. The van der Waals surface area contributed by atoms with E-state index < -0.39 is 6.10 Å². The molecule has 0 aromatic carbocycles. The van der Waals surface area contributed by atoms with Gasteiger partial charge in [0, 0.05) is 26.1 Å². The Labute approximate surface area is 111 Å². The van der Waals surface area contributed by atoms with Gasteiger partial charge in [0.25, 0.3) is 5.91 Å². The molecule has 1 aromatic heterocycles. The fourth-order valence-electron chi connectivity index (χ4n) is 2.12. The van der Waals surface area contributed by atoms with Crippen LogP contribution in [0.5, 0.6) is 0 Å². The molecule has 0 unspecified atom stereocenters. The van der Waals surface area contributed by atoms with Crippen LogP contribution in [0.1, 0.15) is 29.6 Å². The summed E-state index contributed by atoms with van der Waals surface area (Å²) in [7, 11) is 0. The number of nitrogens with one attached hydrogen (secondary N) is 1. The first-order valence-corrected chi connectivity index (χ1v) is 6.43. The first-order chi connectivity index (χ1) is 9.16. The summed E-state index contributed by atoms with van der Waals surface area (Å²) < 4.78 is 4.81. The second-order valence-corrected chi connectivity index (χ2v) is 4.65. The van der Waals surface area contributed by atoms with E-state index in [0.717, 1.165) is 12.8 Å². The molecule has 2 amide bonds. The van der Waals surface area contributed by atoms with Gasteiger partial charge in [-0.1, -0.05) is 0 Å². The third kappa shape index (κ3) is 3.82. The van der Waals surface area contributed by atoms with Gasteiger partial charge in [0.15, 0.2) is 0 Å². The van der Waals surface area contributed by atoms with Gasteiger partial charge in [-0.3, -0.25) is 9.59 Å². The third-order valence-corrected chi connectivity index (χ3v) is 3.16. The summed E-state index contributed by atoms with van der Waals surface area (Å²) in [4.78, 5) is 25.1. The average Bonchev–Trinajstić information content (AvgIpc) is 2.92. The first kappa shape index (κ1) is 13.6. The van der Waals surface area contributed by atoms with Crippen molar-refractivity contribution in [3.05, 3.63) is 24.2 Å². The number of nitrogens with zero attached hydrogens (tertiary/aromatic N) is 1. The highest BCUT2D eigenvalue weighted by molar-refractivity contribution is 5.94. The van der Waals surface area contributed by atoms with E-state index in [-0.39, 0.29) is 24.8 Å². The second-order valence-electron chi connectivity index (χ2n) is 4.65. The standard InChI is InChI=1S/C13H18N2O4/c16-11-2-1-6-15(8-11)12(17)3-5-14-13(18)10-4-7-19-9-10/h4,7,9,11,16H,1-3,5-6,8H2,(H,14,18)/t11-/m0/s1. The molecular formula is C13H18N2O4. The summed E-state index contributed by atoms with van der Waals surface area (Å²) in [5.41, 5.74) is 0.445. The molecule has 0 bridgehead atoms. The zero-order chi connectivity index (χ0) is 13.7. The Kier molecular flexibility index (Phi) is 4.57. The van der Waals surface area contributed by atoms with E-state index in [2.05, 4.69) is 5.32 Å². The van der Waals surface area contributed by atoms with Gasteiger partial charge in [-0.2, -0.15) is 0 Å². The van der Waals surface area contributed by atoms with Crippen LogP contribution >= 0.6 is 0 Å². The quantitative estimate of drug-likeness (QED) is 0.825. The predicted octanol–water partition coefficient (Wildman–Crippen LogP) is 0.383. The highest BCUT2D eigenvalue weighted by atomic mass is 16.3. The summed E-state index contributed by atoms with van der Waals surface area (Å²) in [6, 6.07) is 1.57. The van der Waals surface area contributed by atoms with E-state index >= 15 is 0 Å². The van der Waals surface area contributed by atoms with Gasteiger partial charge in [0.2, 0.25) is 5.91 Å². The van der Waals surface area contributed by atoms with Gasteiger partial charge in [-0.05, 0) is 18.9 Å². The third-order valence-electron chi connectivity index (χ3n) is 3.16. The number of carbonyl (C=O) groups excluding carboxylic acids is 2. The summed E-state index contributed by atoms with van der Waals surface area (Å²) in [6.45, 7) is 1.37. The molecule has 104 valence electrons. The van der Waals surface area contributed by atoms with E-state index in [9.17, 15) is 14.7 Å². The van der Waals surface area contributed by atoms with Gasteiger partial charge >= 0.3 is 0 Å². The van der Waals surface area contributed by atoms with Gasteiger partial charge < -0.3 is 19.7 Å². The molecule has 1 saturated heterocycles. The Morgan fingerprint density at radius 1 is 1.53 bits per heavy atom. The molecule has 0 spiro atoms. The van der Waals surface area contributed by atoms with Crippen molar-refractivity contribution in [1.82, 2.24) is 10.2 Å². The van der Waals surface area contributed by atoms with E-state index in [1.807, 2.05) is 0 Å². The zero-order valence-electron chi connectivity index (χ0n) is 10.7. The van der Waals surface area contributed by atoms with E-state index in [0.29, 0.717) is 18.7 Å². The van der Waals surface area contributed by atoms with Crippen molar-refractivity contribution >= 4 is 11.8 Å². The molecule has 0 saturated carbocycles. The average molecular weight is 266 g/mol. The van der Waals surface area contributed by atoms with E-state index in [1.165, 1.54) is 12.5 Å². The molecule has 0 aliphatic carbocycles. The number of rotatable bonds is 4. The number of furan rings is 1. The van der Waals surface area contributed by atoms with Crippen molar-refractivity contribution in [1.29, 1.82) is 0 Å². The number of carbonyl (C=O) groups is 2. The van der Waals surface area contributed by atoms with Crippen LogP contribution in [0.4, 0.5) is 0 Å². The topological polar surface area (TPSA) is 82.8 Å². The lowest BCUT2D eigenvalue weighted by molar-refractivity contribution is -0.134. The molecule has 2 heterocycles. The number of hydrogen-bond acceptors (Lipinski definition) is 4. The highest BCUT2D eigenvalue weighted by Crippen LogP contribution is 2.10. The van der Waals surface area contributed by atoms with Gasteiger partial charge in [0.05, 0.1) is 17.9 Å². The monoisotopic (exact) mass is 266 g/mol. The van der Waals surface area contributed by atoms with Crippen molar-refractivity contribution in [3.63, 3.8) is 0 Å². The molecule has 2 N–H and O–H groups in total. The molecule has 1 atom stereocenters. The maximum absolute atomic E-state index is 11.9. The van der Waals surface area contributed by atoms with Crippen LogP contribution in [0.2, 0.25) is 0 Å². The van der Waals surface area contributed by atoms with Crippen LogP contribution < -0.4 is 5.32 Å². The SMILES string of the molecule is O=C(NCCC(=O)N1CCC[C@H](O)C1)c1ccoc1. The Bertz CT molecular complexity index is 430. The molecule has 1 fully saturated rings. The molecule has 19 heavy (non-hydrogen) atoms. The molecule has 1 aliphatic rings. The van der Waals surface area contributed by atoms with Crippen molar-refractivity contribution < 1.29 is 19.1 Å². The minimum Gasteiger partial charge on any atom is -0.472 e. The molecule has 6 nitrogen and oxygen atoms in total. The summed E-state index contributed by atoms with van der Waals surface area (Å²) in [5, 5.41) is 12.2. The maximum atomic E-state index is 11.9. The van der Waals surface area contributed by atoms with Crippen LogP contribution in [0.25, 0.3) is 0 Å². The molecule has 1 aliphatic heterocycles. The van der Waals surface area contributed by atoms with Crippen LogP contribution in [0, 0.1) is 0 Å². The number of hydrogen-bond donors (Lipinski definition) is 2. The Morgan fingerprint density at radius 3 is 3.05 bits per heavy atom. The fourth-order valence-corrected chi connectivity index (χ4v) is 2.12. The fraction of sp³-hybridized carbons (Fsp3) is 0.538. The Balaban J connectivity index is 1.70. The maximum Gasteiger partial charge on any atom is 0.254 e. The Morgan fingerprint density at radius 2 is 2.37 bits per heavy atom. The van der Waals surface area contributed by atoms with Crippen LogP contribution in [-0.4, -0.2) is 47.6 Å². The summed E-state index contributed by atoms with van der Waals surface area (Å²) in [5.74, 6) is -0.286. The number of amides is 2. The number of aliphatic hydroxyl groups excluding tert-OH is 1. The van der Waals surface area contributed by atoms with E-state index in [4.69, 9.17) is 4.42 Å². The number of aliphatic hydroxyl groups is 1. The van der Waals surface area contributed by atoms with Crippen LogP contribution in [-0.2, 0) is 4.79 Å².